The number of nitrogens with zero attached hydrogens (tertiary/aromatic N) is 1. The predicted octanol–water partition coefficient (Wildman–Crippen LogP) is 1.27. The van der Waals surface area contributed by atoms with Gasteiger partial charge in [0.2, 0.25) is 0 Å². The Bertz CT molecular complexity index is 590. The van der Waals surface area contributed by atoms with Gasteiger partial charge in [0.1, 0.15) is 0 Å². The molecule has 0 spiro atoms. The van der Waals surface area contributed by atoms with E-state index in [1.165, 1.54) is 0 Å². The van der Waals surface area contributed by atoms with Crippen LogP contribution >= 0.6 is 0 Å². The topological polar surface area (TPSA) is 95.8 Å². The number of anilines is 2. The minimum absolute atomic E-state index is 0.149. The monoisotopic (exact) mass is 259 g/mol. The van der Waals surface area contributed by atoms with Gasteiger partial charge in [0.05, 0.1) is 17.6 Å². The van der Waals surface area contributed by atoms with E-state index in [1.54, 1.807) is 31.4 Å². The summed E-state index contributed by atoms with van der Waals surface area (Å²) in [6.45, 7) is 2.59. The van der Waals surface area contributed by atoms with Gasteiger partial charge in [-0.1, -0.05) is 0 Å². The summed E-state index contributed by atoms with van der Waals surface area (Å²) in [5.74, 6) is -0.149. The molecule has 0 aliphatic carbocycles. The first-order chi connectivity index (χ1) is 9.11. The molecule has 0 aliphatic rings. The molecule has 0 bridgehead atoms. The minimum Gasteiger partial charge on any atom is -0.397 e. The molecule has 5 N–H and O–H groups in total. The van der Waals surface area contributed by atoms with Crippen LogP contribution in [0, 0.1) is 6.92 Å². The average Bonchev–Trinajstić information content (AvgIpc) is 2.82. The van der Waals surface area contributed by atoms with Gasteiger partial charge in [-0.15, -0.1) is 0 Å². The molecule has 1 amide bonds. The van der Waals surface area contributed by atoms with Crippen molar-refractivity contribution < 1.29 is 4.79 Å². The van der Waals surface area contributed by atoms with E-state index in [0.717, 1.165) is 16.9 Å². The van der Waals surface area contributed by atoms with Gasteiger partial charge < -0.3 is 16.4 Å². The number of rotatable bonds is 4. The quantitative estimate of drug-likeness (QED) is 0.622. The Morgan fingerprint density at radius 1 is 1.47 bits per heavy atom. The van der Waals surface area contributed by atoms with Crippen molar-refractivity contribution in [3.05, 3.63) is 41.2 Å². The summed E-state index contributed by atoms with van der Waals surface area (Å²) < 4.78 is 0. The number of aromatic amines is 1. The highest BCUT2D eigenvalue weighted by molar-refractivity contribution is 5.95. The van der Waals surface area contributed by atoms with E-state index in [-0.39, 0.29) is 5.91 Å². The summed E-state index contributed by atoms with van der Waals surface area (Å²) in [5.41, 5.74) is 9.91. The molecule has 2 aromatic rings. The molecule has 2 rings (SSSR count). The third kappa shape index (κ3) is 2.85. The molecular weight excluding hydrogens is 242 g/mol. The molecule has 0 aliphatic heterocycles. The first-order valence-electron chi connectivity index (χ1n) is 5.96. The first kappa shape index (κ1) is 12.9. The summed E-state index contributed by atoms with van der Waals surface area (Å²) in [6.07, 6.45) is 1.78. The van der Waals surface area contributed by atoms with E-state index >= 15 is 0 Å². The molecule has 0 saturated carbocycles. The number of amides is 1. The zero-order chi connectivity index (χ0) is 13.8. The molecule has 1 aromatic carbocycles. The highest BCUT2D eigenvalue weighted by atomic mass is 16.1. The van der Waals surface area contributed by atoms with E-state index in [9.17, 15) is 4.79 Å². The Balaban J connectivity index is 2.09. The van der Waals surface area contributed by atoms with Crippen LogP contribution in [0.2, 0.25) is 0 Å². The van der Waals surface area contributed by atoms with Crippen molar-refractivity contribution in [2.45, 2.75) is 13.5 Å². The number of nitrogen functional groups attached to an aromatic ring is 1. The van der Waals surface area contributed by atoms with Crippen molar-refractivity contribution in [1.82, 2.24) is 15.5 Å². The number of carbonyl (C=O) groups is 1. The lowest BCUT2D eigenvalue weighted by Crippen LogP contribution is -2.18. The number of nitrogens with one attached hydrogen (secondary N) is 3. The molecule has 0 fully saturated rings. The second kappa shape index (κ2) is 5.43. The molecule has 1 aromatic heterocycles. The number of carbonyl (C=O) groups excluding carboxylic acids is 1. The lowest BCUT2D eigenvalue weighted by Gasteiger charge is -2.10. The van der Waals surface area contributed by atoms with Crippen LogP contribution in [-0.4, -0.2) is 23.2 Å². The summed E-state index contributed by atoms with van der Waals surface area (Å²) in [6, 6.07) is 5.19. The molecule has 1 heterocycles. The number of nitrogens with two attached hydrogens (primary N) is 1. The molecule has 100 valence electrons. The van der Waals surface area contributed by atoms with Crippen LogP contribution < -0.4 is 16.4 Å². The van der Waals surface area contributed by atoms with Crippen molar-refractivity contribution in [3.8, 4) is 0 Å². The standard InChI is InChI=1S/C13H17N5O/c1-8-10(7-17-18-8)6-16-12-4-3-9(5-11(12)14)13(19)15-2/h3-5,7,16H,6,14H2,1-2H3,(H,15,19)(H,17,18). The molecule has 0 atom stereocenters. The van der Waals surface area contributed by atoms with Gasteiger partial charge in [0.25, 0.3) is 5.91 Å². The fraction of sp³-hybridized carbons (Fsp3) is 0.231. The van der Waals surface area contributed by atoms with Crippen molar-refractivity contribution >= 4 is 17.3 Å². The van der Waals surface area contributed by atoms with Crippen LogP contribution in [0.4, 0.5) is 11.4 Å². The van der Waals surface area contributed by atoms with E-state index in [1.807, 2.05) is 6.92 Å². The third-order valence-corrected chi connectivity index (χ3v) is 2.94. The maximum Gasteiger partial charge on any atom is 0.251 e. The first-order valence-corrected chi connectivity index (χ1v) is 5.96. The maximum atomic E-state index is 11.5. The predicted molar refractivity (Wildman–Crippen MR) is 74.9 cm³/mol. The van der Waals surface area contributed by atoms with Crippen LogP contribution in [0.5, 0.6) is 0 Å². The Kier molecular flexibility index (Phi) is 3.70. The van der Waals surface area contributed by atoms with E-state index in [4.69, 9.17) is 5.73 Å². The van der Waals surface area contributed by atoms with E-state index < -0.39 is 0 Å². The third-order valence-electron chi connectivity index (χ3n) is 2.94. The zero-order valence-electron chi connectivity index (χ0n) is 10.9. The Hall–Kier alpha value is -2.50. The van der Waals surface area contributed by atoms with Gasteiger partial charge in [-0.25, -0.2) is 0 Å². The van der Waals surface area contributed by atoms with Crippen LogP contribution in [0.25, 0.3) is 0 Å². The summed E-state index contributed by atoms with van der Waals surface area (Å²) in [4.78, 5) is 11.5. The molecular formula is C13H17N5O. The van der Waals surface area contributed by atoms with E-state index in [0.29, 0.717) is 17.8 Å². The minimum atomic E-state index is -0.149. The van der Waals surface area contributed by atoms with E-state index in [2.05, 4.69) is 20.8 Å². The highest BCUT2D eigenvalue weighted by Gasteiger charge is 2.07. The van der Waals surface area contributed by atoms with Gasteiger partial charge in [0, 0.05) is 30.4 Å². The van der Waals surface area contributed by atoms with Crippen molar-refractivity contribution in [2.24, 2.45) is 0 Å². The lowest BCUT2D eigenvalue weighted by atomic mass is 10.1. The SMILES string of the molecule is CNC(=O)c1ccc(NCc2cn[nH]c2C)c(N)c1. The smallest absolute Gasteiger partial charge is 0.251 e. The summed E-state index contributed by atoms with van der Waals surface area (Å²) >= 11 is 0. The normalized spacial score (nSPS) is 10.2. The van der Waals surface area contributed by atoms with Gasteiger partial charge in [0.15, 0.2) is 0 Å². The largest absolute Gasteiger partial charge is 0.397 e. The second-order valence-corrected chi connectivity index (χ2v) is 4.25. The number of aromatic nitrogens is 2. The van der Waals surface area contributed by atoms with Gasteiger partial charge in [-0.3, -0.25) is 9.89 Å². The number of aryl methyl sites for hydroxylation is 1. The Labute approximate surface area is 111 Å². The van der Waals surface area contributed by atoms with Gasteiger partial charge >= 0.3 is 0 Å². The number of H-pyrrole nitrogens is 1. The van der Waals surface area contributed by atoms with Crippen molar-refractivity contribution in [3.63, 3.8) is 0 Å². The summed E-state index contributed by atoms with van der Waals surface area (Å²) in [5, 5.41) is 12.6. The molecule has 19 heavy (non-hydrogen) atoms. The molecule has 0 unspecified atom stereocenters. The Morgan fingerprint density at radius 2 is 2.26 bits per heavy atom. The van der Waals surface area contributed by atoms with Crippen LogP contribution in [0.3, 0.4) is 0 Å². The number of benzene rings is 1. The van der Waals surface area contributed by atoms with Gasteiger partial charge in [-0.05, 0) is 25.1 Å². The maximum absolute atomic E-state index is 11.5. The average molecular weight is 259 g/mol. The van der Waals surface area contributed by atoms with Crippen molar-refractivity contribution in [1.29, 1.82) is 0 Å². The molecule has 0 saturated heterocycles. The highest BCUT2D eigenvalue weighted by Crippen LogP contribution is 2.21. The van der Waals surface area contributed by atoms with Crippen LogP contribution in [-0.2, 0) is 6.54 Å². The van der Waals surface area contributed by atoms with Crippen LogP contribution in [0.15, 0.2) is 24.4 Å². The van der Waals surface area contributed by atoms with Crippen molar-refractivity contribution in [2.75, 3.05) is 18.1 Å². The molecule has 6 heteroatoms. The lowest BCUT2D eigenvalue weighted by molar-refractivity contribution is 0.0963. The molecule has 0 radical (unpaired) electrons. The summed E-state index contributed by atoms with van der Waals surface area (Å²) in [7, 11) is 1.59. The zero-order valence-corrected chi connectivity index (χ0v) is 10.9. The second-order valence-electron chi connectivity index (χ2n) is 4.25. The number of hydrogen-bond acceptors (Lipinski definition) is 4. The Morgan fingerprint density at radius 3 is 2.84 bits per heavy atom. The van der Waals surface area contributed by atoms with Gasteiger partial charge in [-0.2, -0.15) is 5.10 Å². The number of hydrogen-bond donors (Lipinski definition) is 4. The van der Waals surface area contributed by atoms with Crippen LogP contribution in [0.1, 0.15) is 21.6 Å². The molecule has 6 nitrogen and oxygen atoms in total. The fourth-order valence-electron chi connectivity index (χ4n) is 1.75. The fourth-order valence-corrected chi connectivity index (χ4v) is 1.75.